The van der Waals surface area contributed by atoms with Crippen LogP contribution in [0.1, 0.15) is 13.3 Å². The predicted molar refractivity (Wildman–Crippen MR) is 59.5 cm³/mol. The van der Waals surface area contributed by atoms with Crippen molar-refractivity contribution < 1.29 is 9.53 Å². The lowest BCUT2D eigenvalue weighted by atomic mass is 10.2. The van der Waals surface area contributed by atoms with Crippen LogP contribution in [0.15, 0.2) is 12.2 Å². The van der Waals surface area contributed by atoms with Crippen molar-refractivity contribution in [3.63, 3.8) is 0 Å². The highest BCUT2D eigenvalue weighted by atomic mass is 32.2. The van der Waals surface area contributed by atoms with Crippen molar-refractivity contribution in [2.75, 3.05) is 24.7 Å². The third-order valence-electron chi connectivity index (χ3n) is 1.99. The van der Waals surface area contributed by atoms with E-state index in [9.17, 15) is 4.79 Å². The third-order valence-corrected chi connectivity index (χ3v) is 3.16. The standard InChI is InChI=1S/C10H17NO2S/c1-2-13-10(12)4-3-6-11-9-5-7-14-8-9/h3-4,9,11H,2,5-8H2,1H3/b4-3+. The van der Waals surface area contributed by atoms with E-state index in [0.717, 1.165) is 6.54 Å². The van der Waals surface area contributed by atoms with Gasteiger partial charge < -0.3 is 10.1 Å². The van der Waals surface area contributed by atoms with E-state index < -0.39 is 0 Å². The summed E-state index contributed by atoms with van der Waals surface area (Å²) >= 11 is 1.98. The molecule has 1 rings (SSSR count). The van der Waals surface area contributed by atoms with Gasteiger partial charge in [-0.25, -0.2) is 4.79 Å². The number of thioether (sulfide) groups is 1. The van der Waals surface area contributed by atoms with E-state index in [2.05, 4.69) is 5.32 Å². The second-order valence-electron chi connectivity index (χ2n) is 3.12. The van der Waals surface area contributed by atoms with Crippen molar-refractivity contribution in [1.82, 2.24) is 5.32 Å². The second kappa shape index (κ2) is 6.90. The molecule has 0 saturated carbocycles. The Morgan fingerprint density at radius 3 is 3.21 bits per heavy atom. The average Bonchev–Trinajstić information content (AvgIpc) is 2.65. The topological polar surface area (TPSA) is 38.3 Å². The van der Waals surface area contributed by atoms with Gasteiger partial charge in [0.1, 0.15) is 0 Å². The monoisotopic (exact) mass is 215 g/mol. The van der Waals surface area contributed by atoms with Crippen LogP contribution in [-0.4, -0.2) is 36.7 Å². The van der Waals surface area contributed by atoms with Crippen LogP contribution >= 0.6 is 11.8 Å². The molecule has 1 heterocycles. The number of rotatable bonds is 5. The third kappa shape index (κ3) is 4.67. The molecule has 0 aromatic rings. The van der Waals surface area contributed by atoms with E-state index in [0.29, 0.717) is 12.6 Å². The van der Waals surface area contributed by atoms with Gasteiger partial charge in [0.05, 0.1) is 6.61 Å². The molecule has 1 atom stereocenters. The number of hydrogen-bond acceptors (Lipinski definition) is 4. The quantitative estimate of drug-likeness (QED) is 0.552. The maximum Gasteiger partial charge on any atom is 0.330 e. The van der Waals surface area contributed by atoms with Crippen LogP contribution in [0.5, 0.6) is 0 Å². The van der Waals surface area contributed by atoms with Crippen LogP contribution in [0.2, 0.25) is 0 Å². The van der Waals surface area contributed by atoms with Gasteiger partial charge in [-0.3, -0.25) is 0 Å². The summed E-state index contributed by atoms with van der Waals surface area (Å²) in [5, 5.41) is 3.36. The molecule has 3 nitrogen and oxygen atoms in total. The fourth-order valence-corrected chi connectivity index (χ4v) is 2.46. The molecule has 14 heavy (non-hydrogen) atoms. The van der Waals surface area contributed by atoms with Crippen LogP contribution in [-0.2, 0) is 9.53 Å². The molecule has 1 N–H and O–H groups in total. The summed E-state index contributed by atoms with van der Waals surface area (Å²) in [6.07, 6.45) is 4.54. The molecule has 80 valence electrons. The summed E-state index contributed by atoms with van der Waals surface area (Å²) in [6.45, 7) is 3.00. The minimum atomic E-state index is -0.255. The SMILES string of the molecule is CCOC(=O)/C=C/CNC1CCSC1. The zero-order chi connectivity index (χ0) is 10.2. The van der Waals surface area contributed by atoms with Crippen LogP contribution < -0.4 is 5.32 Å². The van der Waals surface area contributed by atoms with Gasteiger partial charge in [-0.15, -0.1) is 0 Å². The lowest BCUT2D eigenvalue weighted by molar-refractivity contribution is -0.137. The summed E-state index contributed by atoms with van der Waals surface area (Å²) in [4.78, 5) is 10.9. The molecule has 0 aliphatic carbocycles. The molecule has 1 fully saturated rings. The Morgan fingerprint density at radius 2 is 2.57 bits per heavy atom. The maximum absolute atomic E-state index is 10.9. The van der Waals surface area contributed by atoms with Crippen LogP contribution in [0.25, 0.3) is 0 Å². The van der Waals surface area contributed by atoms with Crippen LogP contribution in [0.3, 0.4) is 0 Å². The van der Waals surface area contributed by atoms with E-state index in [-0.39, 0.29) is 5.97 Å². The lowest BCUT2D eigenvalue weighted by Crippen LogP contribution is -2.28. The van der Waals surface area contributed by atoms with E-state index in [1.165, 1.54) is 24.0 Å². The molecule has 0 radical (unpaired) electrons. The number of carbonyl (C=O) groups excluding carboxylic acids is 1. The highest BCUT2D eigenvalue weighted by Gasteiger charge is 2.13. The first kappa shape index (κ1) is 11.6. The highest BCUT2D eigenvalue weighted by Crippen LogP contribution is 2.16. The highest BCUT2D eigenvalue weighted by molar-refractivity contribution is 7.99. The molecule has 1 unspecified atom stereocenters. The lowest BCUT2D eigenvalue weighted by Gasteiger charge is -2.07. The molecule has 0 aromatic carbocycles. The Kier molecular flexibility index (Phi) is 5.71. The zero-order valence-electron chi connectivity index (χ0n) is 8.49. The first-order valence-corrected chi connectivity index (χ1v) is 6.13. The van der Waals surface area contributed by atoms with Gasteiger partial charge >= 0.3 is 5.97 Å². The van der Waals surface area contributed by atoms with Crippen molar-refractivity contribution in [3.05, 3.63) is 12.2 Å². The normalized spacial score (nSPS) is 21.6. The van der Waals surface area contributed by atoms with Gasteiger partial charge in [0.2, 0.25) is 0 Å². The molecular formula is C10H17NO2S. The molecule has 0 spiro atoms. The number of hydrogen-bond donors (Lipinski definition) is 1. The van der Waals surface area contributed by atoms with Crippen molar-refractivity contribution >= 4 is 17.7 Å². The van der Waals surface area contributed by atoms with Gasteiger partial charge in [-0.1, -0.05) is 6.08 Å². The van der Waals surface area contributed by atoms with Gasteiger partial charge in [0, 0.05) is 24.4 Å². The number of nitrogens with one attached hydrogen (secondary N) is 1. The number of esters is 1. The Labute approximate surface area is 89.3 Å². The summed E-state index contributed by atoms with van der Waals surface area (Å²) in [5.74, 6) is 2.18. The predicted octanol–water partition coefficient (Wildman–Crippen LogP) is 1.20. The van der Waals surface area contributed by atoms with Gasteiger partial charge in [0.25, 0.3) is 0 Å². The van der Waals surface area contributed by atoms with Crippen LogP contribution in [0, 0.1) is 0 Å². The largest absolute Gasteiger partial charge is 0.463 e. The van der Waals surface area contributed by atoms with Crippen molar-refractivity contribution in [3.8, 4) is 0 Å². The molecular weight excluding hydrogens is 198 g/mol. The molecule has 1 aliphatic heterocycles. The molecule has 1 saturated heterocycles. The van der Waals surface area contributed by atoms with E-state index in [4.69, 9.17) is 4.74 Å². The Morgan fingerprint density at radius 1 is 1.71 bits per heavy atom. The van der Waals surface area contributed by atoms with Crippen molar-refractivity contribution in [2.24, 2.45) is 0 Å². The number of carbonyl (C=O) groups is 1. The second-order valence-corrected chi connectivity index (χ2v) is 4.27. The first-order valence-electron chi connectivity index (χ1n) is 4.97. The average molecular weight is 215 g/mol. The summed E-state index contributed by atoms with van der Waals surface area (Å²) in [6, 6.07) is 0.617. The fourth-order valence-electron chi connectivity index (χ4n) is 1.28. The summed E-state index contributed by atoms with van der Waals surface area (Å²) in [5.41, 5.74) is 0. The molecule has 0 bridgehead atoms. The van der Waals surface area contributed by atoms with E-state index >= 15 is 0 Å². The molecule has 4 heteroatoms. The maximum atomic E-state index is 10.9. The minimum Gasteiger partial charge on any atom is -0.463 e. The van der Waals surface area contributed by atoms with Crippen LogP contribution in [0.4, 0.5) is 0 Å². The Balaban J connectivity index is 2.04. The summed E-state index contributed by atoms with van der Waals surface area (Å²) < 4.78 is 4.76. The van der Waals surface area contributed by atoms with Crippen molar-refractivity contribution in [1.29, 1.82) is 0 Å². The first-order chi connectivity index (χ1) is 6.83. The van der Waals surface area contributed by atoms with E-state index in [1.807, 2.05) is 17.8 Å². The molecule has 0 amide bonds. The Hall–Kier alpha value is -0.480. The number of ether oxygens (including phenoxy) is 1. The fraction of sp³-hybridized carbons (Fsp3) is 0.700. The van der Waals surface area contributed by atoms with E-state index in [1.54, 1.807) is 6.92 Å². The molecule has 1 aliphatic rings. The Bertz CT molecular complexity index is 200. The summed E-state index contributed by atoms with van der Waals surface area (Å²) in [7, 11) is 0. The van der Waals surface area contributed by atoms with Crippen molar-refractivity contribution in [2.45, 2.75) is 19.4 Å². The smallest absolute Gasteiger partial charge is 0.330 e. The van der Waals surface area contributed by atoms with Gasteiger partial charge in [-0.2, -0.15) is 11.8 Å². The molecule has 0 aromatic heterocycles. The van der Waals surface area contributed by atoms with Gasteiger partial charge in [-0.05, 0) is 19.1 Å². The van der Waals surface area contributed by atoms with Gasteiger partial charge in [0.15, 0.2) is 0 Å². The minimum absolute atomic E-state index is 0.255. The zero-order valence-corrected chi connectivity index (χ0v) is 9.31.